The number of rotatable bonds is 3. The van der Waals surface area contributed by atoms with Crippen LogP contribution in [0.1, 0.15) is 17.9 Å². The normalized spacial score (nSPS) is 16.3. The van der Waals surface area contributed by atoms with Gasteiger partial charge in [-0.25, -0.2) is 4.98 Å². The Kier molecular flexibility index (Phi) is 5.38. The van der Waals surface area contributed by atoms with Crippen molar-refractivity contribution in [2.24, 2.45) is 7.05 Å². The summed E-state index contributed by atoms with van der Waals surface area (Å²) in [5.41, 5.74) is 2.91. The number of benzene rings is 1. The zero-order valence-electron chi connectivity index (χ0n) is 14.6. The molecule has 0 saturated carbocycles. The lowest BCUT2D eigenvalue weighted by atomic mass is 9.99. The van der Waals surface area contributed by atoms with Gasteiger partial charge in [0.25, 0.3) is 5.56 Å². The second-order valence-electron chi connectivity index (χ2n) is 6.42. The van der Waals surface area contributed by atoms with Crippen molar-refractivity contribution in [2.75, 3.05) is 18.0 Å². The number of anilines is 1. The SMILES string of the molecule is Cl.Cn1c(N2CCC(c3ccccc3)C2)nc(-c2ccncc2)cc1=O. The van der Waals surface area contributed by atoms with Gasteiger partial charge in [0.05, 0.1) is 5.69 Å². The Hall–Kier alpha value is -2.66. The van der Waals surface area contributed by atoms with Crippen molar-refractivity contribution in [2.45, 2.75) is 12.3 Å². The van der Waals surface area contributed by atoms with Crippen LogP contribution in [0.15, 0.2) is 65.7 Å². The number of aromatic nitrogens is 3. The summed E-state index contributed by atoms with van der Waals surface area (Å²) in [6.45, 7) is 1.78. The second-order valence-corrected chi connectivity index (χ2v) is 6.42. The molecule has 0 amide bonds. The fourth-order valence-corrected chi connectivity index (χ4v) is 3.42. The molecule has 0 bridgehead atoms. The standard InChI is InChI=1S/C20H20N4O.ClH/c1-23-19(25)13-18(16-7-10-21-11-8-16)22-20(23)24-12-9-17(14-24)15-5-3-2-4-6-15;/h2-8,10-11,13,17H,9,12,14H2,1H3;1H. The first-order valence-electron chi connectivity index (χ1n) is 8.51. The quantitative estimate of drug-likeness (QED) is 0.712. The molecular weight excluding hydrogens is 348 g/mol. The van der Waals surface area contributed by atoms with E-state index in [-0.39, 0.29) is 18.0 Å². The average Bonchev–Trinajstić information content (AvgIpc) is 3.15. The van der Waals surface area contributed by atoms with Gasteiger partial charge in [0, 0.05) is 50.1 Å². The predicted octanol–water partition coefficient (Wildman–Crippen LogP) is 3.26. The van der Waals surface area contributed by atoms with Gasteiger partial charge in [-0.15, -0.1) is 12.4 Å². The molecule has 3 heterocycles. The smallest absolute Gasteiger partial charge is 0.255 e. The van der Waals surface area contributed by atoms with Gasteiger partial charge in [-0.05, 0) is 24.1 Å². The van der Waals surface area contributed by atoms with Crippen molar-refractivity contribution in [3.05, 3.63) is 76.8 Å². The first-order valence-corrected chi connectivity index (χ1v) is 8.51. The molecule has 1 atom stereocenters. The maximum absolute atomic E-state index is 12.4. The minimum absolute atomic E-state index is 0. The van der Waals surface area contributed by atoms with Crippen LogP contribution in [-0.4, -0.2) is 27.6 Å². The summed E-state index contributed by atoms with van der Waals surface area (Å²) in [7, 11) is 1.79. The molecule has 3 aromatic rings. The lowest BCUT2D eigenvalue weighted by Crippen LogP contribution is -2.30. The van der Waals surface area contributed by atoms with Crippen LogP contribution < -0.4 is 10.5 Å². The fraction of sp³-hybridized carbons (Fsp3) is 0.250. The molecule has 1 aliphatic rings. The zero-order chi connectivity index (χ0) is 17.2. The van der Waals surface area contributed by atoms with E-state index in [0.29, 0.717) is 11.6 Å². The third-order valence-electron chi connectivity index (χ3n) is 4.83. The predicted molar refractivity (Wildman–Crippen MR) is 106 cm³/mol. The molecule has 0 aliphatic carbocycles. The fourth-order valence-electron chi connectivity index (χ4n) is 3.42. The number of hydrogen-bond acceptors (Lipinski definition) is 4. The number of pyridine rings is 1. The highest BCUT2D eigenvalue weighted by molar-refractivity contribution is 5.85. The van der Waals surface area contributed by atoms with Crippen molar-refractivity contribution < 1.29 is 0 Å². The van der Waals surface area contributed by atoms with Gasteiger partial charge in [-0.2, -0.15) is 0 Å². The summed E-state index contributed by atoms with van der Waals surface area (Å²) in [5, 5.41) is 0. The van der Waals surface area contributed by atoms with Crippen LogP contribution in [0.25, 0.3) is 11.3 Å². The Bertz CT molecular complexity index is 928. The van der Waals surface area contributed by atoms with Gasteiger partial charge in [-0.1, -0.05) is 30.3 Å². The second kappa shape index (κ2) is 7.70. The number of halogens is 1. The van der Waals surface area contributed by atoms with E-state index < -0.39 is 0 Å². The highest BCUT2D eigenvalue weighted by atomic mass is 35.5. The molecule has 1 saturated heterocycles. The van der Waals surface area contributed by atoms with E-state index in [2.05, 4.69) is 34.1 Å². The van der Waals surface area contributed by atoms with E-state index in [1.165, 1.54) is 5.56 Å². The van der Waals surface area contributed by atoms with Crippen molar-refractivity contribution in [3.8, 4) is 11.3 Å². The molecule has 1 aliphatic heterocycles. The maximum Gasteiger partial charge on any atom is 0.255 e. The third kappa shape index (κ3) is 3.48. The Morgan fingerprint density at radius 1 is 1.08 bits per heavy atom. The largest absolute Gasteiger partial charge is 0.342 e. The van der Waals surface area contributed by atoms with Crippen molar-refractivity contribution in [1.82, 2.24) is 14.5 Å². The lowest BCUT2D eigenvalue weighted by Gasteiger charge is -2.21. The molecule has 0 radical (unpaired) electrons. The molecule has 134 valence electrons. The molecule has 1 fully saturated rings. The molecule has 0 spiro atoms. The van der Waals surface area contributed by atoms with Crippen LogP contribution >= 0.6 is 12.4 Å². The third-order valence-corrected chi connectivity index (χ3v) is 4.83. The van der Waals surface area contributed by atoms with Crippen LogP contribution in [0.2, 0.25) is 0 Å². The summed E-state index contributed by atoms with van der Waals surface area (Å²) >= 11 is 0. The monoisotopic (exact) mass is 368 g/mol. The Morgan fingerprint density at radius 2 is 1.81 bits per heavy atom. The summed E-state index contributed by atoms with van der Waals surface area (Å²) in [6, 6.07) is 15.9. The van der Waals surface area contributed by atoms with E-state index in [9.17, 15) is 4.79 Å². The van der Waals surface area contributed by atoms with Gasteiger partial charge in [0.1, 0.15) is 0 Å². The maximum atomic E-state index is 12.4. The molecule has 4 rings (SSSR count). The van der Waals surface area contributed by atoms with Crippen molar-refractivity contribution >= 4 is 18.4 Å². The molecular formula is C20H21ClN4O. The first kappa shape index (κ1) is 18.1. The molecule has 2 aromatic heterocycles. The van der Waals surface area contributed by atoms with Crippen LogP contribution in [0, 0.1) is 0 Å². The molecule has 5 nitrogen and oxygen atoms in total. The molecule has 6 heteroatoms. The van der Waals surface area contributed by atoms with Gasteiger partial charge in [0.2, 0.25) is 5.95 Å². The summed E-state index contributed by atoms with van der Waals surface area (Å²) in [4.78, 5) is 23.4. The van der Waals surface area contributed by atoms with Gasteiger partial charge >= 0.3 is 0 Å². The van der Waals surface area contributed by atoms with E-state index in [1.807, 2.05) is 18.2 Å². The lowest BCUT2D eigenvalue weighted by molar-refractivity contribution is 0.749. The summed E-state index contributed by atoms with van der Waals surface area (Å²) in [5.74, 6) is 1.21. The average molecular weight is 369 g/mol. The number of nitrogens with zero attached hydrogens (tertiary/aromatic N) is 4. The van der Waals surface area contributed by atoms with Crippen LogP contribution in [-0.2, 0) is 7.05 Å². The molecule has 1 aromatic carbocycles. The summed E-state index contributed by atoms with van der Waals surface area (Å²) < 4.78 is 1.64. The van der Waals surface area contributed by atoms with Crippen LogP contribution in [0.5, 0.6) is 0 Å². The van der Waals surface area contributed by atoms with Crippen LogP contribution in [0.4, 0.5) is 5.95 Å². The minimum Gasteiger partial charge on any atom is -0.342 e. The topological polar surface area (TPSA) is 51.0 Å². The van der Waals surface area contributed by atoms with Gasteiger partial charge < -0.3 is 4.90 Å². The van der Waals surface area contributed by atoms with E-state index in [0.717, 1.165) is 31.0 Å². The Morgan fingerprint density at radius 3 is 2.54 bits per heavy atom. The summed E-state index contributed by atoms with van der Waals surface area (Å²) in [6.07, 6.45) is 4.50. The molecule has 26 heavy (non-hydrogen) atoms. The van der Waals surface area contributed by atoms with E-state index in [1.54, 1.807) is 30.1 Å². The number of hydrogen-bond donors (Lipinski definition) is 0. The highest BCUT2D eigenvalue weighted by Gasteiger charge is 2.26. The van der Waals surface area contributed by atoms with Crippen molar-refractivity contribution in [1.29, 1.82) is 0 Å². The van der Waals surface area contributed by atoms with E-state index in [4.69, 9.17) is 4.98 Å². The van der Waals surface area contributed by atoms with Crippen molar-refractivity contribution in [3.63, 3.8) is 0 Å². The molecule has 0 N–H and O–H groups in total. The van der Waals surface area contributed by atoms with Gasteiger partial charge in [0.15, 0.2) is 0 Å². The highest BCUT2D eigenvalue weighted by Crippen LogP contribution is 2.30. The first-order chi connectivity index (χ1) is 12.2. The zero-order valence-corrected chi connectivity index (χ0v) is 15.4. The van der Waals surface area contributed by atoms with Gasteiger partial charge in [-0.3, -0.25) is 14.3 Å². The Balaban J connectivity index is 0.00000196. The van der Waals surface area contributed by atoms with Crippen LogP contribution in [0.3, 0.4) is 0 Å². The minimum atomic E-state index is -0.0417. The van der Waals surface area contributed by atoms with E-state index >= 15 is 0 Å². The molecule has 1 unspecified atom stereocenters. The Labute approximate surface area is 158 Å².